The lowest BCUT2D eigenvalue weighted by Crippen LogP contribution is -2.49. The van der Waals surface area contributed by atoms with Crippen molar-refractivity contribution < 1.29 is 9.59 Å². The second-order valence-corrected chi connectivity index (χ2v) is 6.78. The van der Waals surface area contributed by atoms with Crippen LogP contribution in [0.25, 0.3) is 10.1 Å². The summed E-state index contributed by atoms with van der Waals surface area (Å²) in [6, 6.07) is 7.31. The summed E-state index contributed by atoms with van der Waals surface area (Å²) >= 11 is 1.67. The van der Waals surface area contributed by atoms with Crippen molar-refractivity contribution in [3.63, 3.8) is 0 Å². The van der Waals surface area contributed by atoms with E-state index in [2.05, 4.69) is 33.5 Å². The van der Waals surface area contributed by atoms with Crippen molar-refractivity contribution in [1.82, 2.24) is 16.0 Å². The van der Waals surface area contributed by atoms with Crippen molar-refractivity contribution in [1.29, 1.82) is 0 Å². The highest BCUT2D eigenvalue weighted by atomic mass is 32.1. The molecule has 0 spiro atoms. The molecule has 0 bridgehead atoms. The van der Waals surface area contributed by atoms with Gasteiger partial charge in [0.1, 0.15) is 6.04 Å². The Kier molecular flexibility index (Phi) is 4.81. The van der Waals surface area contributed by atoms with E-state index < -0.39 is 6.04 Å². The lowest BCUT2D eigenvalue weighted by molar-refractivity contribution is -0.122. The van der Waals surface area contributed by atoms with E-state index >= 15 is 0 Å². The molecule has 3 N–H and O–H groups in total. The number of carbonyl (C=O) groups excluding carboxylic acids is 2. The fraction of sp³-hybridized carbons (Fsp3) is 0.412. The van der Waals surface area contributed by atoms with Gasteiger partial charge < -0.3 is 16.0 Å². The fourth-order valence-electron chi connectivity index (χ4n) is 2.89. The van der Waals surface area contributed by atoms with Gasteiger partial charge in [-0.05, 0) is 48.6 Å². The Morgan fingerprint density at radius 1 is 1.35 bits per heavy atom. The number of fused-ring (bicyclic) bond motifs is 1. The molecule has 1 aliphatic heterocycles. The first kappa shape index (κ1) is 15.8. The number of nitrogens with one attached hydrogen (secondary N) is 3. The normalized spacial score (nSPS) is 19.7. The van der Waals surface area contributed by atoms with Crippen LogP contribution in [-0.4, -0.2) is 24.5 Å². The Balaban J connectivity index is 1.64. The Bertz CT molecular complexity index is 713. The molecule has 1 aromatic carbocycles. The average molecular weight is 331 g/mol. The minimum Gasteiger partial charge on any atom is -0.354 e. The summed E-state index contributed by atoms with van der Waals surface area (Å²) in [5, 5.41) is 11.8. The maximum Gasteiger partial charge on any atom is 0.315 e. The molecule has 3 rings (SSSR count). The van der Waals surface area contributed by atoms with Crippen LogP contribution in [0.5, 0.6) is 0 Å². The van der Waals surface area contributed by atoms with Crippen molar-refractivity contribution in [2.45, 2.75) is 38.3 Å². The third kappa shape index (κ3) is 3.64. The monoisotopic (exact) mass is 331 g/mol. The van der Waals surface area contributed by atoms with Crippen LogP contribution in [0.15, 0.2) is 29.6 Å². The Morgan fingerprint density at radius 2 is 2.17 bits per heavy atom. The Morgan fingerprint density at radius 3 is 3.04 bits per heavy atom. The number of hydrogen-bond donors (Lipinski definition) is 3. The van der Waals surface area contributed by atoms with Crippen LogP contribution in [-0.2, 0) is 4.79 Å². The maximum absolute atomic E-state index is 12.2. The van der Waals surface area contributed by atoms with E-state index in [1.807, 2.05) is 19.1 Å². The zero-order valence-corrected chi connectivity index (χ0v) is 13.9. The molecule has 6 heteroatoms. The van der Waals surface area contributed by atoms with Gasteiger partial charge >= 0.3 is 6.03 Å². The molecule has 0 saturated carbocycles. The van der Waals surface area contributed by atoms with E-state index in [9.17, 15) is 9.59 Å². The molecule has 1 aromatic heterocycles. The molecule has 0 radical (unpaired) electrons. The van der Waals surface area contributed by atoms with Gasteiger partial charge in [0, 0.05) is 11.2 Å². The predicted octanol–water partition coefficient (Wildman–Crippen LogP) is 2.93. The number of hydrogen-bond acceptors (Lipinski definition) is 3. The minimum atomic E-state index is -0.441. The molecular formula is C17H21N3O2S. The van der Waals surface area contributed by atoms with Gasteiger partial charge in [0.05, 0.1) is 6.04 Å². The number of thiophene rings is 1. The van der Waals surface area contributed by atoms with Gasteiger partial charge in [-0.1, -0.05) is 18.2 Å². The smallest absolute Gasteiger partial charge is 0.315 e. The zero-order valence-electron chi connectivity index (χ0n) is 13.1. The number of urea groups is 1. The minimum absolute atomic E-state index is 0.0914. The topological polar surface area (TPSA) is 70.2 Å². The summed E-state index contributed by atoms with van der Waals surface area (Å²) in [5.74, 6) is -0.0914. The van der Waals surface area contributed by atoms with Crippen LogP contribution in [0.4, 0.5) is 4.79 Å². The van der Waals surface area contributed by atoms with E-state index in [-0.39, 0.29) is 18.0 Å². The molecule has 1 saturated heterocycles. The molecule has 0 unspecified atom stereocenters. The second kappa shape index (κ2) is 7.00. The predicted molar refractivity (Wildman–Crippen MR) is 92.6 cm³/mol. The summed E-state index contributed by atoms with van der Waals surface area (Å²) in [6.07, 6.45) is 2.59. The molecule has 2 aromatic rings. The van der Waals surface area contributed by atoms with Crippen molar-refractivity contribution in [2.75, 3.05) is 6.54 Å². The largest absolute Gasteiger partial charge is 0.354 e. The van der Waals surface area contributed by atoms with E-state index in [4.69, 9.17) is 0 Å². The highest BCUT2D eigenvalue weighted by molar-refractivity contribution is 7.17. The van der Waals surface area contributed by atoms with Crippen molar-refractivity contribution in [3.05, 3.63) is 35.2 Å². The highest BCUT2D eigenvalue weighted by Gasteiger charge is 2.23. The van der Waals surface area contributed by atoms with Gasteiger partial charge in [-0.25, -0.2) is 4.79 Å². The average Bonchev–Trinajstić information content (AvgIpc) is 2.87. The van der Waals surface area contributed by atoms with Gasteiger partial charge in [-0.15, -0.1) is 11.3 Å². The number of rotatable bonds is 3. The Labute approximate surface area is 139 Å². The summed E-state index contributed by atoms with van der Waals surface area (Å²) < 4.78 is 1.21. The second-order valence-electron chi connectivity index (χ2n) is 5.87. The quantitative estimate of drug-likeness (QED) is 0.809. The first-order chi connectivity index (χ1) is 11.1. The van der Waals surface area contributed by atoms with Crippen LogP contribution in [0.1, 0.15) is 37.8 Å². The summed E-state index contributed by atoms with van der Waals surface area (Å²) in [6.45, 7) is 2.65. The van der Waals surface area contributed by atoms with Crippen LogP contribution < -0.4 is 16.0 Å². The molecule has 23 heavy (non-hydrogen) atoms. The van der Waals surface area contributed by atoms with E-state index in [1.54, 1.807) is 11.3 Å². The highest BCUT2D eigenvalue weighted by Crippen LogP contribution is 2.29. The summed E-state index contributed by atoms with van der Waals surface area (Å²) in [4.78, 5) is 24.1. The molecular weight excluding hydrogens is 310 g/mol. The van der Waals surface area contributed by atoms with E-state index in [1.165, 1.54) is 4.70 Å². The molecule has 1 aliphatic rings. The molecule has 3 amide bonds. The van der Waals surface area contributed by atoms with Gasteiger partial charge in [-0.2, -0.15) is 0 Å². The maximum atomic E-state index is 12.2. The first-order valence-electron chi connectivity index (χ1n) is 7.96. The third-order valence-electron chi connectivity index (χ3n) is 4.17. The number of carbonyl (C=O) groups is 2. The van der Waals surface area contributed by atoms with Gasteiger partial charge in [0.2, 0.25) is 5.91 Å². The summed E-state index contributed by atoms with van der Waals surface area (Å²) in [7, 11) is 0. The van der Waals surface area contributed by atoms with Crippen LogP contribution in [0.2, 0.25) is 0 Å². The molecule has 2 atom stereocenters. The zero-order chi connectivity index (χ0) is 16.2. The van der Waals surface area contributed by atoms with Crippen LogP contribution in [0, 0.1) is 0 Å². The molecule has 122 valence electrons. The molecule has 2 heterocycles. The molecule has 5 nitrogen and oxygen atoms in total. The van der Waals surface area contributed by atoms with Crippen LogP contribution in [0.3, 0.4) is 0 Å². The SMILES string of the molecule is C[C@H](NC(=O)N[C@H]1CCCCNC1=O)c1csc2ccccc12. The summed E-state index contributed by atoms with van der Waals surface area (Å²) in [5.41, 5.74) is 1.10. The van der Waals surface area contributed by atoms with Crippen LogP contribution >= 0.6 is 11.3 Å². The lowest BCUT2D eigenvalue weighted by atomic mass is 10.1. The fourth-order valence-corrected chi connectivity index (χ4v) is 3.94. The van der Waals surface area contributed by atoms with Crippen molar-refractivity contribution >= 4 is 33.4 Å². The van der Waals surface area contributed by atoms with Gasteiger partial charge in [0.25, 0.3) is 0 Å². The number of amides is 3. The van der Waals surface area contributed by atoms with Crippen molar-refractivity contribution in [3.8, 4) is 0 Å². The third-order valence-corrected chi connectivity index (χ3v) is 5.15. The van der Waals surface area contributed by atoms with E-state index in [0.717, 1.165) is 23.8 Å². The van der Waals surface area contributed by atoms with Gasteiger partial charge in [-0.3, -0.25) is 4.79 Å². The number of benzene rings is 1. The first-order valence-corrected chi connectivity index (χ1v) is 8.84. The van der Waals surface area contributed by atoms with E-state index in [0.29, 0.717) is 13.0 Å². The molecule has 1 fully saturated rings. The lowest BCUT2D eigenvalue weighted by Gasteiger charge is -2.19. The Hall–Kier alpha value is -2.08. The van der Waals surface area contributed by atoms with Crippen molar-refractivity contribution in [2.24, 2.45) is 0 Å². The molecule has 0 aliphatic carbocycles. The van der Waals surface area contributed by atoms with Gasteiger partial charge in [0.15, 0.2) is 0 Å². The standard InChI is InChI=1S/C17H21N3O2S/c1-11(13-10-23-15-8-3-2-6-12(13)15)19-17(22)20-14-7-4-5-9-18-16(14)21/h2-3,6,8,10-11,14H,4-5,7,9H2,1H3,(H,18,21)(H2,19,20,22)/t11-,14-/m0/s1.